The number of benzene rings is 2. The Morgan fingerprint density at radius 2 is 1.86 bits per heavy atom. The second-order valence-corrected chi connectivity index (χ2v) is 12.6. The molecule has 0 spiro atoms. The number of aromatic nitrogens is 1. The maximum absolute atomic E-state index is 6.76. The quantitative estimate of drug-likeness (QED) is 0.406. The van der Waals surface area contributed by atoms with Gasteiger partial charge < -0.3 is 10.1 Å². The number of fused-ring (bicyclic) bond motifs is 7. The highest BCUT2D eigenvalue weighted by atomic mass is 31.1. The number of pyridine rings is 1. The standard InChI is InChI=1S/C30H38N3OP/c1-19-8-9-21-14-22(19)16-33-17-23-15-31-13-12-25(23)34-30(6,18-33)32-28-20(2)24(10-11-26(28)35-7)27(21)29(3,4)5/h8-15,27,32,35H,16-18H2,1-7H3. The van der Waals surface area contributed by atoms with Crippen molar-refractivity contribution >= 4 is 19.6 Å². The summed E-state index contributed by atoms with van der Waals surface area (Å²) in [6.45, 7) is 18.5. The van der Waals surface area contributed by atoms with Crippen LogP contribution < -0.4 is 15.4 Å². The lowest BCUT2D eigenvalue weighted by atomic mass is 9.71. The molecular weight excluding hydrogens is 449 g/mol. The Morgan fingerprint density at radius 1 is 1.09 bits per heavy atom. The minimum absolute atomic E-state index is 0.0735. The van der Waals surface area contributed by atoms with Gasteiger partial charge in [-0.05, 0) is 72.0 Å². The average molecular weight is 488 g/mol. The van der Waals surface area contributed by atoms with Gasteiger partial charge in [-0.15, -0.1) is 0 Å². The van der Waals surface area contributed by atoms with Gasteiger partial charge in [-0.2, -0.15) is 0 Å². The van der Waals surface area contributed by atoms with Crippen LogP contribution in [0.1, 0.15) is 67.0 Å². The molecule has 4 nitrogen and oxygen atoms in total. The molecular formula is C30H38N3OP. The van der Waals surface area contributed by atoms with Gasteiger partial charge in [0, 0.05) is 42.7 Å². The summed E-state index contributed by atoms with van der Waals surface area (Å²) in [5, 5.41) is 5.29. The van der Waals surface area contributed by atoms with Crippen molar-refractivity contribution in [1.29, 1.82) is 0 Å². The van der Waals surface area contributed by atoms with Crippen LogP contribution in [-0.2, 0) is 13.1 Å². The molecule has 184 valence electrons. The van der Waals surface area contributed by atoms with E-state index in [0.717, 1.165) is 30.9 Å². The zero-order valence-electron chi connectivity index (χ0n) is 22.1. The van der Waals surface area contributed by atoms with Gasteiger partial charge in [0.15, 0.2) is 5.72 Å². The molecule has 0 fully saturated rings. The lowest BCUT2D eigenvalue weighted by Gasteiger charge is -2.39. The van der Waals surface area contributed by atoms with E-state index in [1.165, 1.54) is 38.8 Å². The van der Waals surface area contributed by atoms with E-state index in [2.05, 4.69) is 93.7 Å². The highest BCUT2D eigenvalue weighted by Crippen LogP contribution is 2.44. The molecule has 3 heterocycles. The van der Waals surface area contributed by atoms with E-state index in [9.17, 15) is 0 Å². The number of hydrogen-bond acceptors (Lipinski definition) is 4. The lowest BCUT2D eigenvalue weighted by molar-refractivity contribution is 0.0762. The number of anilines is 1. The van der Waals surface area contributed by atoms with Crippen molar-refractivity contribution in [2.75, 3.05) is 18.5 Å². The van der Waals surface area contributed by atoms with E-state index in [1.54, 1.807) is 0 Å². The number of nitrogens with one attached hydrogen (secondary N) is 1. The molecule has 2 aliphatic rings. The Balaban J connectivity index is 1.78. The molecule has 2 aliphatic heterocycles. The SMILES string of the molecule is CPc1ccc2c(C)c1NC1(C)CN(Cc3cc(ccc3C)C2C(C)(C)C)Cc2cnccc2O1. The second-order valence-electron chi connectivity index (χ2n) is 11.5. The third kappa shape index (κ3) is 4.59. The van der Waals surface area contributed by atoms with E-state index >= 15 is 0 Å². The molecule has 4 atom stereocenters. The van der Waals surface area contributed by atoms with E-state index in [0.29, 0.717) is 14.5 Å². The van der Waals surface area contributed by atoms with Crippen LogP contribution in [0.25, 0.3) is 0 Å². The van der Waals surface area contributed by atoms with Crippen LogP contribution in [-0.4, -0.2) is 28.8 Å². The summed E-state index contributed by atoms with van der Waals surface area (Å²) in [5.74, 6) is 1.21. The number of rotatable bonds is 1. The molecule has 1 N–H and O–H groups in total. The topological polar surface area (TPSA) is 37.4 Å². The largest absolute Gasteiger partial charge is 0.467 e. The van der Waals surface area contributed by atoms with Crippen molar-refractivity contribution in [3.8, 4) is 5.75 Å². The van der Waals surface area contributed by atoms with Gasteiger partial charge in [-0.3, -0.25) is 9.88 Å². The number of nitrogens with zero attached hydrogens (tertiary/aromatic N) is 2. The van der Waals surface area contributed by atoms with Crippen LogP contribution >= 0.6 is 8.58 Å². The van der Waals surface area contributed by atoms with Gasteiger partial charge in [0.1, 0.15) is 5.75 Å². The molecule has 35 heavy (non-hydrogen) atoms. The summed E-state index contributed by atoms with van der Waals surface area (Å²) in [4.78, 5) is 6.91. The highest BCUT2D eigenvalue weighted by Gasteiger charge is 2.37. The van der Waals surface area contributed by atoms with Crippen LogP contribution in [0.5, 0.6) is 5.75 Å². The average Bonchev–Trinajstić information content (AvgIpc) is 2.92. The summed E-state index contributed by atoms with van der Waals surface area (Å²) < 4.78 is 6.76. The van der Waals surface area contributed by atoms with E-state index in [4.69, 9.17) is 4.74 Å². The van der Waals surface area contributed by atoms with Crippen LogP contribution in [0.3, 0.4) is 0 Å². The molecule has 0 saturated carbocycles. The van der Waals surface area contributed by atoms with Crippen molar-refractivity contribution in [3.05, 3.63) is 82.2 Å². The fraction of sp³-hybridized carbons (Fsp3) is 0.433. The fourth-order valence-corrected chi connectivity index (χ4v) is 6.66. The van der Waals surface area contributed by atoms with Gasteiger partial charge in [0.05, 0.1) is 6.54 Å². The van der Waals surface area contributed by atoms with Crippen molar-refractivity contribution in [3.63, 3.8) is 0 Å². The lowest BCUT2D eigenvalue weighted by Crippen LogP contribution is -2.50. The number of ether oxygens (including phenoxy) is 1. The summed E-state index contributed by atoms with van der Waals surface area (Å²) >= 11 is 0. The van der Waals surface area contributed by atoms with Crippen LogP contribution in [0.2, 0.25) is 0 Å². The predicted molar refractivity (Wildman–Crippen MR) is 149 cm³/mol. The third-order valence-corrected chi connectivity index (χ3v) is 8.51. The minimum atomic E-state index is -0.577. The van der Waals surface area contributed by atoms with Crippen molar-refractivity contribution in [2.24, 2.45) is 5.41 Å². The minimum Gasteiger partial charge on any atom is -0.467 e. The predicted octanol–water partition coefficient (Wildman–Crippen LogP) is 6.35. The van der Waals surface area contributed by atoms with E-state index in [-0.39, 0.29) is 5.41 Å². The Bertz CT molecular complexity index is 1260. The van der Waals surface area contributed by atoms with Crippen molar-refractivity contribution < 1.29 is 4.74 Å². The normalized spacial score (nSPS) is 24.0. The molecule has 6 bridgehead atoms. The molecule has 0 amide bonds. The first-order chi connectivity index (χ1) is 16.6. The van der Waals surface area contributed by atoms with Crippen molar-refractivity contribution in [1.82, 2.24) is 9.88 Å². The van der Waals surface area contributed by atoms with Gasteiger partial charge in [0.2, 0.25) is 0 Å². The molecule has 3 aromatic rings. The number of hydrogen-bond donors (Lipinski definition) is 1. The summed E-state index contributed by atoms with van der Waals surface area (Å²) in [5.41, 5.74) is 8.71. The smallest absolute Gasteiger partial charge is 0.190 e. The monoisotopic (exact) mass is 487 g/mol. The summed E-state index contributed by atoms with van der Waals surface area (Å²) in [6, 6.07) is 13.8. The molecule has 1 aromatic heterocycles. The first-order valence-electron chi connectivity index (χ1n) is 12.6. The molecule has 2 aromatic carbocycles. The molecule has 5 heteroatoms. The first-order valence-corrected chi connectivity index (χ1v) is 14.1. The fourth-order valence-electron chi connectivity index (χ4n) is 5.91. The van der Waals surface area contributed by atoms with Gasteiger partial charge in [-0.25, -0.2) is 0 Å². The van der Waals surface area contributed by atoms with Crippen molar-refractivity contribution in [2.45, 2.75) is 66.3 Å². The van der Waals surface area contributed by atoms with Crippen LogP contribution in [0, 0.1) is 19.3 Å². The van der Waals surface area contributed by atoms with Gasteiger partial charge in [-0.1, -0.05) is 59.7 Å². The van der Waals surface area contributed by atoms with Gasteiger partial charge in [0.25, 0.3) is 0 Å². The Morgan fingerprint density at radius 3 is 2.60 bits per heavy atom. The maximum Gasteiger partial charge on any atom is 0.190 e. The number of aryl methyl sites for hydroxylation is 1. The molecule has 4 unspecified atom stereocenters. The second kappa shape index (κ2) is 8.91. The summed E-state index contributed by atoms with van der Waals surface area (Å²) in [7, 11) is 0.700. The Hall–Kier alpha value is -2.42. The molecule has 0 radical (unpaired) electrons. The summed E-state index contributed by atoms with van der Waals surface area (Å²) in [6.07, 6.45) is 3.78. The molecule has 5 rings (SSSR count). The van der Waals surface area contributed by atoms with Crippen LogP contribution in [0.4, 0.5) is 5.69 Å². The van der Waals surface area contributed by atoms with E-state index in [1.807, 2.05) is 18.5 Å². The Labute approximate surface area is 212 Å². The molecule has 0 aliphatic carbocycles. The first kappa shape index (κ1) is 24.3. The molecule has 0 saturated heterocycles. The zero-order chi connectivity index (χ0) is 25.0. The Kier molecular flexibility index (Phi) is 6.18. The van der Waals surface area contributed by atoms with Gasteiger partial charge >= 0.3 is 0 Å². The van der Waals surface area contributed by atoms with Crippen LogP contribution in [0.15, 0.2) is 48.8 Å². The highest BCUT2D eigenvalue weighted by molar-refractivity contribution is 7.46. The zero-order valence-corrected chi connectivity index (χ0v) is 23.1. The maximum atomic E-state index is 6.76. The third-order valence-electron chi connectivity index (χ3n) is 7.56. The van der Waals surface area contributed by atoms with E-state index < -0.39 is 5.72 Å².